The van der Waals surface area contributed by atoms with Crippen LogP contribution in [0.15, 0.2) is 0 Å². The van der Waals surface area contributed by atoms with Crippen LogP contribution >= 0.6 is 0 Å². The predicted molar refractivity (Wildman–Crippen MR) is 38.2 cm³/mol. The molecule has 0 radical (unpaired) electrons. The van der Waals surface area contributed by atoms with Crippen molar-refractivity contribution < 1.29 is 23.1 Å². The molecule has 0 aromatic carbocycles. The van der Waals surface area contributed by atoms with Gasteiger partial charge in [0.2, 0.25) is 0 Å². The van der Waals surface area contributed by atoms with Gasteiger partial charge in [-0.25, -0.2) is 13.6 Å². The van der Waals surface area contributed by atoms with Crippen LogP contribution in [0.2, 0.25) is 0 Å². The van der Waals surface area contributed by atoms with Crippen molar-refractivity contribution in [1.29, 1.82) is 0 Å². The Morgan fingerprint density at radius 1 is 1.46 bits per heavy atom. The summed E-state index contributed by atoms with van der Waals surface area (Å²) in [4.78, 5) is 22.4. The lowest BCUT2D eigenvalue weighted by Crippen LogP contribution is -2.37. The molecule has 0 bridgehead atoms. The van der Waals surface area contributed by atoms with E-state index in [1.165, 1.54) is 0 Å². The van der Waals surface area contributed by atoms with Crippen LogP contribution in [0.25, 0.3) is 0 Å². The highest BCUT2D eigenvalue weighted by Gasteiger charge is 2.42. The monoisotopic (exact) mass is 193 g/mol. The van der Waals surface area contributed by atoms with Gasteiger partial charge in [0.25, 0.3) is 5.92 Å². The Hall–Kier alpha value is -1.20. The van der Waals surface area contributed by atoms with E-state index in [0.29, 0.717) is 0 Å². The Morgan fingerprint density at radius 2 is 2.08 bits per heavy atom. The maximum Gasteiger partial charge on any atom is 0.396 e. The number of rotatable bonds is 0. The molecule has 0 unspecified atom stereocenters. The summed E-state index contributed by atoms with van der Waals surface area (Å²) >= 11 is 0. The molecule has 1 rings (SSSR count). The molecule has 0 saturated carbocycles. The average molecular weight is 193 g/mol. The molecule has 1 heterocycles. The summed E-state index contributed by atoms with van der Waals surface area (Å²) in [6, 6.07) is 0. The number of hydrogen-bond acceptors (Lipinski definition) is 3. The van der Waals surface area contributed by atoms with E-state index >= 15 is 0 Å². The molecule has 1 aliphatic rings. The average Bonchev–Trinajstić information content (AvgIpc) is 2.43. The molecule has 1 fully saturated rings. The summed E-state index contributed by atoms with van der Waals surface area (Å²) in [6.45, 7) is -0.790. The first-order valence-corrected chi connectivity index (χ1v) is 3.71. The Bertz CT molecular complexity index is 242. The second-order valence-electron chi connectivity index (χ2n) is 2.82. The quantitative estimate of drug-likeness (QED) is 0.402. The highest BCUT2D eigenvalue weighted by Crippen LogP contribution is 2.26. The van der Waals surface area contributed by atoms with Crippen molar-refractivity contribution in [3.8, 4) is 0 Å². The zero-order chi connectivity index (χ0) is 10.1. The smallest absolute Gasteiger partial charge is 0.396 e. The van der Waals surface area contributed by atoms with Crippen LogP contribution in [0.1, 0.15) is 6.42 Å². The van der Waals surface area contributed by atoms with E-state index in [1.807, 2.05) is 0 Å². The maximum absolute atomic E-state index is 12.6. The van der Waals surface area contributed by atoms with E-state index in [2.05, 4.69) is 4.74 Å². The number of halogens is 2. The van der Waals surface area contributed by atoms with Gasteiger partial charge < -0.3 is 9.64 Å². The highest BCUT2D eigenvalue weighted by molar-refractivity contribution is 6.32. The van der Waals surface area contributed by atoms with Crippen LogP contribution in [0.5, 0.6) is 0 Å². The first kappa shape index (κ1) is 9.88. The van der Waals surface area contributed by atoms with Crippen molar-refractivity contribution in [3.05, 3.63) is 0 Å². The minimum Gasteiger partial charge on any atom is -0.462 e. The molecule has 0 N–H and O–H groups in total. The molecule has 4 nitrogen and oxygen atoms in total. The van der Waals surface area contributed by atoms with Crippen LogP contribution < -0.4 is 0 Å². The molecule has 0 aliphatic carbocycles. The largest absolute Gasteiger partial charge is 0.462 e. The SMILES string of the molecule is COC(=O)C(=O)N1CCC(F)(F)C1. The van der Waals surface area contributed by atoms with Gasteiger partial charge in [-0.1, -0.05) is 0 Å². The van der Waals surface area contributed by atoms with E-state index in [-0.39, 0.29) is 6.54 Å². The van der Waals surface area contributed by atoms with Gasteiger partial charge in [-0.05, 0) is 0 Å². The number of amides is 1. The van der Waals surface area contributed by atoms with Crippen LogP contribution in [-0.2, 0) is 14.3 Å². The van der Waals surface area contributed by atoms with Crippen molar-refractivity contribution in [2.24, 2.45) is 0 Å². The Kier molecular flexibility index (Phi) is 2.49. The Balaban J connectivity index is 2.57. The maximum atomic E-state index is 12.6. The number of alkyl halides is 2. The van der Waals surface area contributed by atoms with Gasteiger partial charge in [0.05, 0.1) is 13.7 Å². The van der Waals surface area contributed by atoms with Gasteiger partial charge in [0.15, 0.2) is 0 Å². The van der Waals surface area contributed by atoms with Crippen LogP contribution in [0, 0.1) is 0 Å². The van der Waals surface area contributed by atoms with Crippen molar-refractivity contribution >= 4 is 11.9 Å². The van der Waals surface area contributed by atoms with Gasteiger partial charge in [0, 0.05) is 13.0 Å². The third kappa shape index (κ3) is 2.13. The van der Waals surface area contributed by atoms with Gasteiger partial charge in [-0.15, -0.1) is 0 Å². The molecular weight excluding hydrogens is 184 g/mol. The predicted octanol–water partition coefficient (Wildman–Crippen LogP) is 0.0270. The first-order chi connectivity index (χ1) is 5.96. The van der Waals surface area contributed by atoms with Gasteiger partial charge in [0.1, 0.15) is 0 Å². The van der Waals surface area contributed by atoms with Crippen LogP contribution in [0.4, 0.5) is 8.78 Å². The van der Waals surface area contributed by atoms with E-state index in [4.69, 9.17) is 0 Å². The summed E-state index contributed by atoms with van der Waals surface area (Å²) < 4.78 is 29.3. The van der Waals surface area contributed by atoms with Crippen molar-refractivity contribution in [3.63, 3.8) is 0 Å². The summed E-state index contributed by atoms with van der Waals surface area (Å²) in [5.41, 5.74) is 0. The van der Waals surface area contributed by atoms with E-state index in [0.717, 1.165) is 12.0 Å². The fourth-order valence-electron chi connectivity index (χ4n) is 1.13. The molecule has 13 heavy (non-hydrogen) atoms. The molecule has 1 aliphatic heterocycles. The minimum atomic E-state index is -2.87. The van der Waals surface area contributed by atoms with E-state index in [1.54, 1.807) is 0 Å². The fourth-order valence-corrected chi connectivity index (χ4v) is 1.13. The number of hydrogen-bond donors (Lipinski definition) is 0. The van der Waals surface area contributed by atoms with Crippen LogP contribution in [0.3, 0.4) is 0 Å². The number of nitrogens with zero attached hydrogens (tertiary/aromatic N) is 1. The van der Waals surface area contributed by atoms with Crippen molar-refractivity contribution in [2.75, 3.05) is 20.2 Å². The molecule has 6 heteroatoms. The summed E-state index contributed by atoms with van der Waals surface area (Å²) in [6.07, 6.45) is -0.393. The molecule has 74 valence electrons. The summed E-state index contributed by atoms with van der Waals surface area (Å²) in [5, 5.41) is 0. The normalized spacial score (nSPS) is 20.1. The number of esters is 1. The standard InChI is InChI=1S/C7H9F2NO3/c1-13-6(12)5(11)10-3-2-7(8,9)4-10/h2-4H2,1H3. The molecule has 0 aromatic heterocycles. The zero-order valence-electron chi connectivity index (χ0n) is 7.05. The second-order valence-corrected chi connectivity index (χ2v) is 2.82. The lowest BCUT2D eigenvalue weighted by Gasteiger charge is -2.13. The number of carbonyl (C=O) groups excluding carboxylic acids is 2. The molecular formula is C7H9F2NO3. The van der Waals surface area contributed by atoms with Crippen molar-refractivity contribution in [1.82, 2.24) is 4.90 Å². The lowest BCUT2D eigenvalue weighted by molar-refractivity contribution is -0.158. The first-order valence-electron chi connectivity index (χ1n) is 3.71. The molecule has 0 spiro atoms. The Labute approximate surface area is 73.5 Å². The molecule has 0 aromatic rings. The number of likely N-dealkylation sites (tertiary alicyclic amines) is 1. The number of ether oxygens (including phenoxy) is 1. The number of methoxy groups -OCH3 is 1. The topological polar surface area (TPSA) is 46.6 Å². The number of carbonyl (C=O) groups is 2. The minimum absolute atomic E-state index is 0.0963. The molecule has 1 saturated heterocycles. The fraction of sp³-hybridized carbons (Fsp3) is 0.714. The van der Waals surface area contributed by atoms with E-state index in [9.17, 15) is 18.4 Å². The van der Waals surface area contributed by atoms with E-state index < -0.39 is 30.8 Å². The van der Waals surface area contributed by atoms with Gasteiger partial charge in [-0.2, -0.15) is 0 Å². The highest BCUT2D eigenvalue weighted by atomic mass is 19.3. The van der Waals surface area contributed by atoms with Crippen molar-refractivity contribution in [2.45, 2.75) is 12.3 Å². The van der Waals surface area contributed by atoms with Gasteiger partial charge >= 0.3 is 11.9 Å². The third-order valence-electron chi connectivity index (χ3n) is 1.82. The summed E-state index contributed by atoms with van der Waals surface area (Å²) in [5.74, 6) is -4.97. The Morgan fingerprint density at radius 3 is 2.46 bits per heavy atom. The zero-order valence-corrected chi connectivity index (χ0v) is 7.05. The molecule has 0 atom stereocenters. The lowest BCUT2D eigenvalue weighted by atomic mass is 10.3. The van der Waals surface area contributed by atoms with Gasteiger partial charge in [-0.3, -0.25) is 4.79 Å². The molecule has 1 amide bonds. The third-order valence-corrected chi connectivity index (χ3v) is 1.82. The summed E-state index contributed by atoms with van der Waals surface area (Å²) in [7, 11) is 1.04. The second kappa shape index (κ2) is 3.27. The van der Waals surface area contributed by atoms with Crippen LogP contribution in [-0.4, -0.2) is 42.9 Å².